The molecule has 7 nitrogen and oxygen atoms in total. The van der Waals surface area contributed by atoms with E-state index in [0.717, 1.165) is 18.5 Å². The summed E-state index contributed by atoms with van der Waals surface area (Å²) in [6.45, 7) is 0.569. The summed E-state index contributed by atoms with van der Waals surface area (Å²) in [6, 6.07) is 1.47. The number of carbonyl (C=O) groups excluding carboxylic acids is 1. The highest BCUT2D eigenvalue weighted by atomic mass is 16.3. The van der Waals surface area contributed by atoms with Gasteiger partial charge >= 0.3 is 0 Å². The number of rotatable bonds is 2. The Morgan fingerprint density at radius 2 is 2.25 bits per heavy atom. The van der Waals surface area contributed by atoms with E-state index in [9.17, 15) is 14.7 Å². The van der Waals surface area contributed by atoms with Crippen LogP contribution in [0.15, 0.2) is 29.5 Å². The highest BCUT2D eigenvalue weighted by Gasteiger charge is 2.23. The second-order valence-corrected chi connectivity index (χ2v) is 4.50. The molecule has 0 aliphatic carbocycles. The molecular weight excluding hydrogens is 260 g/mol. The van der Waals surface area contributed by atoms with Gasteiger partial charge in [-0.2, -0.15) is 0 Å². The monoisotopic (exact) mass is 272 g/mol. The molecular formula is C13H12N4O3. The fraction of sp³-hybridized carbons (Fsp3) is 0.231. The number of anilines is 1. The number of nitrogens with one attached hydrogen (secondary N) is 1. The zero-order valence-corrected chi connectivity index (χ0v) is 10.5. The van der Waals surface area contributed by atoms with E-state index in [4.69, 9.17) is 0 Å². The van der Waals surface area contributed by atoms with E-state index in [-0.39, 0.29) is 17.1 Å². The van der Waals surface area contributed by atoms with Crippen molar-refractivity contribution in [3.63, 3.8) is 0 Å². The first-order valence-electron chi connectivity index (χ1n) is 6.20. The summed E-state index contributed by atoms with van der Waals surface area (Å²) in [4.78, 5) is 32.0. The Hall–Kier alpha value is -2.70. The van der Waals surface area contributed by atoms with E-state index in [1.807, 2.05) is 0 Å². The lowest BCUT2D eigenvalue weighted by Gasteiger charge is -2.09. The molecule has 1 aliphatic heterocycles. The first-order chi connectivity index (χ1) is 9.66. The molecule has 0 unspecified atom stereocenters. The number of nitrogens with zero attached hydrogens (tertiary/aromatic N) is 3. The van der Waals surface area contributed by atoms with E-state index >= 15 is 0 Å². The minimum absolute atomic E-state index is 0.224. The number of aromatic nitrogens is 3. The van der Waals surface area contributed by atoms with Crippen molar-refractivity contribution in [2.24, 2.45) is 0 Å². The molecule has 20 heavy (non-hydrogen) atoms. The molecule has 2 aromatic rings. The highest BCUT2D eigenvalue weighted by Crippen LogP contribution is 2.21. The molecule has 3 rings (SSSR count). The second-order valence-electron chi connectivity index (χ2n) is 4.50. The van der Waals surface area contributed by atoms with Gasteiger partial charge in [0.2, 0.25) is 0 Å². The lowest BCUT2D eigenvalue weighted by atomic mass is 10.2. The van der Waals surface area contributed by atoms with Crippen LogP contribution in [-0.2, 0) is 13.0 Å². The Morgan fingerprint density at radius 3 is 3.00 bits per heavy atom. The maximum atomic E-state index is 12.2. The Bertz CT molecular complexity index is 724. The third-order valence-corrected chi connectivity index (χ3v) is 3.21. The van der Waals surface area contributed by atoms with Crippen LogP contribution in [0.5, 0.6) is 5.75 Å². The van der Waals surface area contributed by atoms with Crippen molar-refractivity contribution >= 4 is 11.7 Å². The smallest absolute Gasteiger partial charge is 0.267 e. The van der Waals surface area contributed by atoms with Gasteiger partial charge in [0, 0.05) is 30.7 Å². The molecule has 0 bridgehead atoms. The Kier molecular flexibility index (Phi) is 2.94. The molecule has 2 N–H and O–H groups in total. The summed E-state index contributed by atoms with van der Waals surface area (Å²) in [5, 5.41) is 12.3. The van der Waals surface area contributed by atoms with Crippen LogP contribution in [0.25, 0.3) is 0 Å². The summed E-state index contributed by atoms with van der Waals surface area (Å²) in [5.74, 6) is -0.762. The number of aromatic hydroxyl groups is 1. The Labute approximate surface area is 113 Å². The Balaban J connectivity index is 1.98. The van der Waals surface area contributed by atoms with Crippen molar-refractivity contribution in [3.8, 4) is 5.75 Å². The minimum atomic E-state index is -0.685. The van der Waals surface area contributed by atoms with Crippen molar-refractivity contribution in [1.29, 1.82) is 0 Å². The van der Waals surface area contributed by atoms with Gasteiger partial charge in [-0.15, -0.1) is 0 Å². The van der Waals surface area contributed by atoms with E-state index < -0.39 is 11.5 Å². The zero-order chi connectivity index (χ0) is 14.1. The zero-order valence-electron chi connectivity index (χ0n) is 10.5. The first kappa shape index (κ1) is 12.3. The molecule has 102 valence electrons. The second kappa shape index (κ2) is 4.76. The van der Waals surface area contributed by atoms with Crippen LogP contribution < -0.4 is 10.9 Å². The Morgan fingerprint density at radius 1 is 1.40 bits per heavy atom. The lowest BCUT2D eigenvalue weighted by Crippen LogP contribution is -2.29. The number of fused-ring (bicyclic) bond motifs is 1. The first-order valence-corrected chi connectivity index (χ1v) is 6.20. The molecule has 2 aromatic heterocycles. The van der Waals surface area contributed by atoms with Crippen molar-refractivity contribution in [2.75, 3.05) is 5.32 Å². The molecule has 7 heteroatoms. The molecule has 0 aromatic carbocycles. The largest absolute Gasteiger partial charge is 0.507 e. The van der Waals surface area contributed by atoms with Crippen LogP contribution in [0, 0.1) is 0 Å². The SMILES string of the molecule is O=C(Nc1cnccn1)c1c(O)cc2n(c1=O)CCC2. The van der Waals surface area contributed by atoms with Crippen LogP contribution >= 0.6 is 0 Å². The van der Waals surface area contributed by atoms with Crippen LogP contribution in [-0.4, -0.2) is 25.5 Å². The average Bonchev–Trinajstić information content (AvgIpc) is 2.88. The van der Waals surface area contributed by atoms with Gasteiger partial charge in [-0.25, -0.2) is 4.98 Å². The van der Waals surface area contributed by atoms with Gasteiger partial charge < -0.3 is 15.0 Å². The van der Waals surface area contributed by atoms with E-state index in [1.54, 1.807) is 0 Å². The van der Waals surface area contributed by atoms with Crippen molar-refractivity contribution < 1.29 is 9.90 Å². The molecule has 1 aliphatic rings. The number of carbonyl (C=O) groups is 1. The predicted molar refractivity (Wildman–Crippen MR) is 70.7 cm³/mol. The molecule has 0 spiro atoms. The summed E-state index contributed by atoms with van der Waals surface area (Å²) in [7, 11) is 0. The molecule has 3 heterocycles. The summed E-state index contributed by atoms with van der Waals surface area (Å²) in [6.07, 6.45) is 5.82. The van der Waals surface area contributed by atoms with Gasteiger partial charge in [-0.3, -0.25) is 14.6 Å². The van der Waals surface area contributed by atoms with Gasteiger partial charge in [-0.05, 0) is 12.8 Å². The van der Waals surface area contributed by atoms with Gasteiger partial charge in [0.25, 0.3) is 11.5 Å². The fourth-order valence-corrected chi connectivity index (χ4v) is 2.31. The molecule has 0 saturated heterocycles. The number of hydrogen-bond donors (Lipinski definition) is 2. The maximum absolute atomic E-state index is 12.2. The topological polar surface area (TPSA) is 97.1 Å². The van der Waals surface area contributed by atoms with Gasteiger partial charge in [-0.1, -0.05) is 0 Å². The van der Waals surface area contributed by atoms with Crippen molar-refractivity contribution in [3.05, 3.63) is 46.3 Å². The standard InChI is InChI=1S/C13H12N4O3/c18-9-6-8-2-1-5-17(8)13(20)11(9)12(19)16-10-7-14-3-4-15-10/h3-4,6-7,18H,1-2,5H2,(H,15,16,19). The van der Waals surface area contributed by atoms with Crippen LogP contribution in [0.1, 0.15) is 22.5 Å². The molecule has 0 fully saturated rings. The van der Waals surface area contributed by atoms with Crippen LogP contribution in [0.3, 0.4) is 0 Å². The predicted octanol–water partition coefficient (Wildman–Crippen LogP) is 0.542. The molecule has 0 radical (unpaired) electrons. The van der Waals surface area contributed by atoms with E-state index in [2.05, 4.69) is 15.3 Å². The molecule has 0 saturated carbocycles. The van der Waals surface area contributed by atoms with E-state index in [1.165, 1.54) is 29.2 Å². The minimum Gasteiger partial charge on any atom is -0.507 e. The fourth-order valence-electron chi connectivity index (χ4n) is 2.31. The molecule has 0 atom stereocenters. The average molecular weight is 272 g/mol. The van der Waals surface area contributed by atoms with Gasteiger partial charge in [0.05, 0.1) is 6.20 Å². The van der Waals surface area contributed by atoms with Crippen molar-refractivity contribution in [1.82, 2.24) is 14.5 Å². The third kappa shape index (κ3) is 2.03. The van der Waals surface area contributed by atoms with Crippen LogP contribution in [0.4, 0.5) is 5.82 Å². The lowest BCUT2D eigenvalue weighted by molar-refractivity contribution is 0.102. The quantitative estimate of drug-likeness (QED) is 0.831. The summed E-state index contributed by atoms with van der Waals surface area (Å²) in [5.41, 5.74) is 0.0174. The third-order valence-electron chi connectivity index (χ3n) is 3.21. The van der Waals surface area contributed by atoms with Crippen molar-refractivity contribution in [2.45, 2.75) is 19.4 Å². The van der Waals surface area contributed by atoms with E-state index in [0.29, 0.717) is 6.54 Å². The highest BCUT2D eigenvalue weighted by molar-refractivity contribution is 6.05. The summed E-state index contributed by atoms with van der Waals surface area (Å²) < 4.78 is 1.52. The maximum Gasteiger partial charge on any atom is 0.267 e. The number of hydrogen-bond acceptors (Lipinski definition) is 5. The van der Waals surface area contributed by atoms with Crippen LogP contribution in [0.2, 0.25) is 0 Å². The normalized spacial score (nSPS) is 13.0. The summed E-state index contributed by atoms with van der Waals surface area (Å²) >= 11 is 0. The number of pyridine rings is 1. The van der Waals surface area contributed by atoms with Gasteiger partial charge in [0.15, 0.2) is 5.82 Å². The number of aryl methyl sites for hydroxylation is 1. The molecule has 1 amide bonds. The number of amides is 1. The van der Waals surface area contributed by atoms with Gasteiger partial charge in [0.1, 0.15) is 11.3 Å².